The van der Waals surface area contributed by atoms with E-state index in [2.05, 4.69) is 0 Å². The molecule has 5 nitrogen and oxygen atoms in total. The zero-order valence-electron chi connectivity index (χ0n) is 6.99. The highest BCUT2D eigenvalue weighted by Gasteiger charge is 2.28. The maximum absolute atomic E-state index is 10.7. The first kappa shape index (κ1) is 12.6. The van der Waals surface area contributed by atoms with Crippen LogP contribution in [0.5, 0.6) is 0 Å². The van der Waals surface area contributed by atoms with Gasteiger partial charge >= 0.3 is 39.6 Å². The van der Waals surface area contributed by atoms with Gasteiger partial charge in [0.1, 0.15) is 4.05 Å². The molecule has 0 aromatic rings. The lowest BCUT2D eigenvalue weighted by Crippen LogP contribution is -2.30. The van der Waals surface area contributed by atoms with Crippen molar-refractivity contribution in [3.63, 3.8) is 0 Å². The molecule has 0 aromatic heterocycles. The van der Waals surface area contributed by atoms with Crippen LogP contribution in [0, 0.1) is 0 Å². The molecule has 7 heteroatoms. The van der Waals surface area contributed by atoms with Gasteiger partial charge in [0.2, 0.25) is 0 Å². The van der Waals surface area contributed by atoms with Crippen molar-refractivity contribution in [1.82, 2.24) is 4.90 Å². The molecular weight excluding hydrogens is 392 g/mol. The number of nitrogens with zero attached hydrogens (tertiary/aromatic N) is 1. The molecule has 2 unspecified atom stereocenters. The van der Waals surface area contributed by atoms with Gasteiger partial charge < -0.3 is 0 Å². The summed E-state index contributed by atoms with van der Waals surface area (Å²) < 4.78 is 41.1. The molecule has 0 radical (unpaired) electrons. The Morgan fingerprint density at radius 1 is 1.00 bits per heavy atom. The Hall–Kier alpha value is 0.620. The minimum absolute atomic E-state index is 0.732. The molecule has 0 N–H and O–H groups in total. The predicted molar refractivity (Wildman–Crippen MR) is 57.7 cm³/mol. The first-order valence-electron chi connectivity index (χ1n) is 3.12. The summed E-state index contributed by atoms with van der Waals surface area (Å²) in [6, 6.07) is 0. The molecule has 0 aliphatic heterocycles. The molecule has 0 bridgehead atoms. The topological polar surface area (TPSA) is 71.5 Å². The molecule has 0 aliphatic rings. The van der Waals surface area contributed by atoms with Crippen LogP contribution < -0.4 is 0 Å². The third kappa shape index (κ3) is 3.56. The smallest absolute Gasteiger partial charge is 0.292 e. The molecule has 0 aliphatic carbocycles. The molecule has 2 atom stereocenters. The third-order valence-electron chi connectivity index (χ3n) is 1.34. The van der Waals surface area contributed by atoms with Crippen LogP contribution in [0.1, 0.15) is 6.92 Å². The molecule has 0 fully saturated rings. The van der Waals surface area contributed by atoms with Crippen LogP contribution in [0.3, 0.4) is 0 Å². The van der Waals surface area contributed by atoms with Crippen molar-refractivity contribution in [1.29, 1.82) is 0 Å². The van der Waals surface area contributed by atoms with Crippen molar-refractivity contribution in [3.8, 4) is 0 Å². The molecule has 0 rings (SSSR count). The second-order valence-corrected chi connectivity index (χ2v) is 8.49. The van der Waals surface area contributed by atoms with Crippen molar-refractivity contribution in [3.05, 3.63) is 0 Å². The third-order valence-corrected chi connectivity index (χ3v) is 8.23. The van der Waals surface area contributed by atoms with Crippen molar-refractivity contribution < 1.29 is 12.3 Å². The van der Waals surface area contributed by atoms with E-state index < -0.39 is 47.6 Å². The summed E-state index contributed by atoms with van der Waals surface area (Å²) in [7, 11) is 3.14. The summed E-state index contributed by atoms with van der Waals surface area (Å²) in [6.45, 7) is 1.44. The molecule has 0 spiro atoms. The lowest BCUT2D eigenvalue weighted by molar-refractivity contribution is 0.395. The maximum Gasteiger partial charge on any atom is 0.326 e. The average Bonchev–Trinajstić information content (AvgIpc) is 1.85. The molecule has 0 saturated heterocycles. The SMILES string of the molecule is CC(C(N(C)C)I(=O)=O)I(=O)=O. The first-order valence-corrected chi connectivity index (χ1v) is 9.13. The number of hydrogen-bond acceptors (Lipinski definition) is 5. The van der Waals surface area contributed by atoms with Crippen molar-refractivity contribution in [2.24, 2.45) is 0 Å². The van der Waals surface area contributed by atoms with Crippen LogP contribution in [0.2, 0.25) is 0 Å². The van der Waals surface area contributed by atoms with Gasteiger partial charge in [-0.3, -0.25) is 4.90 Å². The molecule has 0 heterocycles. The summed E-state index contributed by atoms with van der Waals surface area (Å²) in [6.07, 6.45) is 0. The van der Waals surface area contributed by atoms with Gasteiger partial charge in [-0.15, -0.1) is 0 Å². The fraction of sp³-hybridized carbons (Fsp3) is 1.00. The molecule has 74 valence electrons. The normalized spacial score (nSPS) is 17.2. The fourth-order valence-corrected chi connectivity index (χ4v) is 6.62. The van der Waals surface area contributed by atoms with Gasteiger partial charge in [-0.2, -0.15) is 0 Å². The maximum atomic E-state index is 10.7. The van der Waals surface area contributed by atoms with E-state index in [4.69, 9.17) is 0 Å². The van der Waals surface area contributed by atoms with Crippen molar-refractivity contribution >= 4 is 39.6 Å². The molecule has 0 amide bonds. The molecular formula is C5H11I2NO4. The minimum atomic E-state index is -3.56. The van der Waals surface area contributed by atoms with E-state index in [9.17, 15) is 12.3 Å². The molecule has 0 saturated carbocycles. The standard InChI is InChI=1S/C5H11I2NO4/c1-4(6(9)10)5(7(11)12)8(2)3/h4-5H,1-3H3. The Labute approximate surface area is 85.2 Å². The summed E-state index contributed by atoms with van der Waals surface area (Å²) in [4.78, 5) is 1.44. The fourth-order valence-electron chi connectivity index (χ4n) is 0.797. The van der Waals surface area contributed by atoms with Gasteiger partial charge in [-0.05, 0) is 21.0 Å². The van der Waals surface area contributed by atoms with Crippen LogP contribution >= 0.6 is 39.6 Å². The van der Waals surface area contributed by atoms with Crippen molar-refractivity contribution in [2.75, 3.05) is 14.1 Å². The quantitative estimate of drug-likeness (QED) is 0.406. The van der Waals surface area contributed by atoms with Crippen LogP contribution in [-0.4, -0.2) is 27.0 Å². The van der Waals surface area contributed by atoms with E-state index in [0.29, 0.717) is 0 Å². The largest absolute Gasteiger partial charge is 0.326 e. The van der Waals surface area contributed by atoms with E-state index in [0.717, 1.165) is 0 Å². The summed E-state index contributed by atoms with van der Waals surface area (Å²) >= 11 is -7.05. The minimum Gasteiger partial charge on any atom is -0.292 e. The molecule has 12 heavy (non-hydrogen) atoms. The van der Waals surface area contributed by atoms with Gasteiger partial charge in [0.15, 0.2) is 0 Å². The number of rotatable bonds is 4. The number of hydrogen-bond donors (Lipinski definition) is 0. The van der Waals surface area contributed by atoms with Crippen LogP contribution in [0.15, 0.2) is 0 Å². The van der Waals surface area contributed by atoms with Crippen LogP contribution in [0.25, 0.3) is 0 Å². The van der Waals surface area contributed by atoms with Gasteiger partial charge in [0.25, 0.3) is 0 Å². The zero-order chi connectivity index (χ0) is 9.89. The summed E-state index contributed by atoms with van der Waals surface area (Å²) in [5, 5.41) is 0. The predicted octanol–water partition coefficient (Wildman–Crippen LogP) is 1.66. The first-order chi connectivity index (χ1) is 5.37. The Balaban J connectivity index is 4.75. The van der Waals surface area contributed by atoms with Gasteiger partial charge in [0.05, 0.1) is 3.92 Å². The van der Waals surface area contributed by atoms with Crippen LogP contribution in [-0.2, 0) is 12.3 Å². The highest BCUT2D eigenvalue weighted by Crippen LogP contribution is 2.31. The van der Waals surface area contributed by atoms with Gasteiger partial charge in [-0.25, -0.2) is 12.3 Å². The monoisotopic (exact) mass is 403 g/mol. The van der Waals surface area contributed by atoms with Crippen molar-refractivity contribution in [2.45, 2.75) is 14.9 Å². The van der Waals surface area contributed by atoms with E-state index in [1.54, 1.807) is 14.1 Å². The molecule has 0 aromatic carbocycles. The highest BCUT2D eigenvalue weighted by atomic mass is 127. The zero-order valence-corrected chi connectivity index (χ0v) is 11.3. The van der Waals surface area contributed by atoms with Gasteiger partial charge in [0, 0.05) is 0 Å². The second-order valence-electron chi connectivity index (χ2n) is 2.50. The Kier molecular flexibility index (Phi) is 5.65. The van der Waals surface area contributed by atoms with Gasteiger partial charge in [-0.1, -0.05) is 0 Å². The summed E-state index contributed by atoms with van der Waals surface area (Å²) in [5.74, 6) is 0. The highest BCUT2D eigenvalue weighted by molar-refractivity contribution is 14.2. The summed E-state index contributed by atoms with van der Waals surface area (Å²) in [5.41, 5.74) is 0. The Morgan fingerprint density at radius 2 is 1.42 bits per heavy atom. The Bertz CT molecular complexity index is 265. The lowest BCUT2D eigenvalue weighted by atomic mass is 10.5. The average molecular weight is 403 g/mol. The van der Waals surface area contributed by atoms with E-state index in [1.165, 1.54) is 11.8 Å². The van der Waals surface area contributed by atoms with E-state index in [-0.39, 0.29) is 0 Å². The van der Waals surface area contributed by atoms with E-state index in [1.807, 2.05) is 0 Å². The van der Waals surface area contributed by atoms with Crippen LogP contribution in [0.4, 0.5) is 0 Å². The van der Waals surface area contributed by atoms with E-state index >= 15 is 0 Å². The number of halogens is 2. The second kappa shape index (κ2) is 5.37. The number of alkyl halides is 2. The Morgan fingerprint density at radius 3 is 1.50 bits per heavy atom. The lowest BCUT2D eigenvalue weighted by Gasteiger charge is -2.18.